The number of rotatable bonds is 7. The van der Waals surface area contributed by atoms with Crippen LogP contribution < -0.4 is 5.73 Å². The van der Waals surface area contributed by atoms with Gasteiger partial charge in [0, 0.05) is 77.8 Å². The number of aromatic hydroxyl groups is 2. The highest BCUT2D eigenvalue weighted by Gasteiger charge is 2.26. The Kier molecular flexibility index (Phi) is 19.7. The van der Waals surface area contributed by atoms with Crippen molar-refractivity contribution in [3.63, 3.8) is 0 Å². The van der Waals surface area contributed by atoms with E-state index >= 15 is 0 Å². The van der Waals surface area contributed by atoms with Gasteiger partial charge in [0.05, 0.1) is 92.3 Å². The van der Waals surface area contributed by atoms with Crippen LogP contribution in [-0.2, 0) is 45.7 Å². The van der Waals surface area contributed by atoms with Gasteiger partial charge < -0.3 is 15.9 Å². The number of fused-ring (bicyclic) bond motifs is 6. The average molecular weight is 1070 g/mol. The molecule has 0 aliphatic carbocycles. The Morgan fingerprint density at radius 3 is 1.32 bits per heavy atom. The molecule has 79 heavy (non-hydrogen) atoms. The Balaban J connectivity index is 0.000000175. The molecular weight excluding hydrogens is 1010 g/mol. The molecule has 21 nitrogen and oxygen atoms in total. The Hall–Kier alpha value is -10.4. The van der Waals surface area contributed by atoms with E-state index in [4.69, 9.17) is 10.8 Å². The summed E-state index contributed by atoms with van der Waals surface area (Å²) in [5.41, 5.74) is 20.7. The number of hydrogen-bond acceptors (Lipinski definition) is 17. The van der Waals surface area contributed by atoms with Crippen LogP contribution in [0.1, 0.15) is 104 Å². The van der Waals surface area contributed by atoms with Gasteiger partial charge in [-0.1, -0.05) is 74.7 Å². The zero-order chi connectivity index (χ0) is 57.3. The van der Waals surface area contributed by atoms with Gasteiger partial charge in [-0.25, -0.2) is 0 Å². The molecule has 12 rings (SSSR count). The van der Waals surface area contributed by atoms with Crippen LogP contribution in [0.5, 0.6) is 11.5 Å². The molecule has 404 valence electrons. The number of allylic oxidation sites excluding steroid dienone is 1. The van der Waals surface area contributed by atoms with Crippen molar-refractivity contribution in [2.75, 3.05) is 5.73 Å². The molecule has 0 saturated heterocycles. The van der Waals surface area contributed by atoms with Gasteiger partial charge in [0.15, 0.2) is 5.75 Å². The van der Waals surface area contributed by atoms with Gasteiger partial charge in [0.25, 0.3) is 17.1 Å². The maximum absolute atomic E-state index is 10.8. The molecule has 0 aromatic heterocycles. The second-order valence-corrected chi connectivity index (χ2v) is 17.5. The molecule has 0 bridgehead atoms. The number of nitrogens with two attached hydrogens (primary N) is 1. The number of aryl methyl sites for hydroxylation is 2. The van der Waals surface area contributed by atoms with E-state index in [1.54, 1.807) is 74.3 Å². The minimum Gasteiger partial charge on any atom is -0.508 e. The van der Waals surface area contributed by atoms with Crippen LogP contribution in [0.15, 0.2) is 135 Å². The normalized spacial score (nSPS) is 12.6. The molecular formula is C58H57N11O10. The average Bonchev–Trinajstić information content (AvgIpc) is 4.34. The summed E-state index contributed by atoms with van der Waals surface area (Å²) in [5.74, 6) is 0.0264. The Labute approximate surface area is 455 Å². The fourth-order valence-electron chi connectivity index (χ4n) is 8.73. The summed E-state index contributed by atoms with van der Waals surface area (Å²) in [4.78, 5) is 65.5. The Bertz CT molecular complexity index is 3440. The highest BCUT2D eigenvalue weighted by Crippen LogP contribution is 2.35. The van der Waals surface area contributed by atoms with Crippen molar-refractivity contribution in [3.05, 3.63) is 234 Å². The largest absolute Gasteiger partial charge is 0.508 e. The summed E-state index contributed by atoms with van der Waals surface area (Å²) in [6, 6.07) is 23.1. The van der Waals surface area contributed by atoms with Gasteiger partial charge in [-0.05, 0) is 85.0 Å². The topological polar surface area (TPSA) is 313 Å². The zero-order valence-corrected chi connectivity index (χ0v) is 43.5. The second-order valence-electron chi connectivity index (χ2n) is 17.5. The molecule has 6 heterocycles. The lowest BCUT2D eigenvalue weighted by atomic mass is 10.0. The highest BCUT2D eigenvalue weighted by atomic mass is 16.6. The molecule has 6 aliphatic rings. The van der Waals surface area contributed by atoms with Crippen LogP contribution in [0.25, 0.3) is 12.2 Å². The van der Waals surface area contributed by atoms with E-state index in [2.05, 4.69) is 68.7 Å². The first-order valence-corrected chi connectivity index (χ1v) is 24.4. The molecule has 6 aromatic rings. The maximum Gasteiger partial charge on any atom is 0.316 e. The fraction of sp³-hybridized carbons (Fsp3) is 0.172. The first-order valence-electron chi connectivity index (χ1n) is 24.4. The Morgan fingerprint density at radius 1 is 0.519 bits per heavy atom. The predicted molar refractivity (Wildman–Crippen MR) is 313 cm³/mol. The number of phenols is 2. The lowest BCUT2D eigenvalue weighted by Gasteiger charge is -2.07. The second kappa shape index (κ2) is 26.9. The first-order chi connectivity index (χ1) is 38.0. The number of aliphatic imine (C=N–C) groups is 6. The van der Waals surface area contributed by atoms with Crippen molar-refractivity contribution in [2.24, 2.45) is 30.0 Å². The van der Waals surface area contributed by atoms with E-state index in [0.717, 1.165) is 52.0 Å². The van der Waals surface area contributed by atoms with Crippen LogP contribution >= 0.6 is 0 Å². The summed E-state index contributed by atoms with van der Waals surface area (Å²) in [7, 11) is 0. The predicted octanol–water partition coefficient (Wildman–Crippen LogP) is 11.9. The van der Waals surface area contributed by atoms with Gasteiger partial charge >= 0.3 is 5.69 Å². The van der Waals surface area contributed by atoms with Crippen molar-refractivity contribution in [3.8, 4) is 11.5 Å². The van der Waals surface area contributed by atoms with Crippen LogP contribution in [0.4, 0.5) is 28.4 Å². The molecule has 0 atom stereocenters. The number of benzene rings is 6. The quantitative estimate of drug-likeness (QED) is 0.0584. The zero-order valence-electron chi connectivity index (χ0n) is 43.5. The monoisotopic (exact) mass is 1070 g/mol. The number of anilines is 1. The third-order valence-corrected chi connectivity index (χ3v) is 12.6. The molecule has 6 aliphatic heterocycles. The summed E-state index contributed by atoms with van der Waals surface area (Å²) in [5, 5.41) is 61.3. The van der Waals surface area contributed by atoms with Crippen molar-refractivity contribution in [1.29, 1.82) is 0 Å². The molecule has 4 N–H and O–H groups in total. The summed E-state index contributed by atoms with van der Waals surface area (Å²) < 4.78 is 0. The number of nitro groups is 4. The number of phenolic OH excluding ortho intramolecular Hbond substituents is 2. The van der Waals surface area contributed by atoms with Crippen molar-refractivity contribution >= 4 is 77.9 Å². The smallest absolute Gasteiger partial charge is 0.316 e. The molecule has 0 amide bonds. The summed E-state index contributed by atoms with van der Waals surface area (Å²) in [6.07, 6.45) is 16.0. The minimum atomic E-state index is -0.581. The highest BCUT2D eigenvalue weighted by molar-refractivity contribution is 5.91. The van der Waals surface area contributed by atoms with Crippen molar-refractivity contribution in [1.82, 2.24) is 0 Å². The van der Waals surface area contributed by atoms with E-state index < -0.39 is 4.92 Å². The first kappa shape index (κ1) is 57.8. The van der Waals surface area contributed by atoms with Gasteiger partial charge in [-0.3, -0.25) is 70.4 Å². The van der Waals surface area contributed by atoms with Crippen molar-refractivity contribution < 1.29 is 31.3 Å². The molecule has 0 fully saturated rings. The van der Waals surface area contributed by atoms with E-state index in [1.807, 2.05) is 43.6 Å². The van der Waals surface area contributed by atoms with Gasteiger partial charge in [0.2, 0.25) is 0 Å². The van der Waals surface area contributed by atoms with Crippen molar-refractivity contribution in [2.45, 2.75) is 66.5 Å². The van der Waals surface area contributed by atoms with E-state index in [9.17, 15) is 45.6 Å². The van der Waals surface area contributed by atoms with Gasteiger partial charge in [0.1, 0.15) is 5.75 Å². The van der Waals surface area contributed by atoms with Crippen LogP contribution in [0, 0.1) is 47.4 Å². The van der Waals surface area contributed by atoms with E-state index in [0.29, 0.717) is 70.9 Å². The minimum absolute atomic E-state index is 0. The van der Waals surface area contributed by atoms with Crippen LogP contribution in [0.3, 0.4) is 0 Å². The number of nitrogen functional groups attached to an aromatic ring is 1. The molecule has 0 radical (unpaired) electrons. The maximum atomic E-state index is 10.8. The van der Waals surface area contributed by atoms with E-state index in [1.165, 1.54) is 34.9 Å². The molecule has 0 unspecified atom stereocenters. The molecule has 21 heteroatoms. The summed E-state index contributed by atoms with van der Waals surface area (Å²) in [6.45, 7) is 19.2. The van der Waals surface area contributed by atoms with E-state index in [-0.39, 0.29) is 51.2 Å². The molecule has 0 spiro atoms. The third kappa shape index (κ3) is 13.7. The lowest BCUT2D eigenvalue weighted by molar-refractivity contribution is -0.386. The molecule has 0 saturated carbocycles. The summed E-state index contributed by atoms with van der Waals surface area (Å²) >= 11 is 0. The third-order valence-electron chi connectivity index (χ3n) is 12.6. The Morgan fingerprint density at radius 2 is 0.873 bits per heavy atom. The van der Waals surface area contributed by atoms with Crippen LogP contribution in [0.2, 0.25) is 0 Å². The number of nitro benzene ring substituents is 4. The van der Waals surface area contributed by atoms with Crippen LogP contribution in [-0.4, -0.2) is 67.2 Å². The SMILES string of the molecule is C=CC.C=Cc1ccc2c(c1[N+](=O)[O-])CN=C2.C=Cc1ccc2c(c1[N+](=O)[O-])CN=C2.CCc1ccc2c(c1N)CN=C2.Cc1ccc2c(c1[N+](=O)[O-])CN=C2.O=[N+]([O-])c1c(O)ccc2c1CN=C2.Oc1ccc2c(c1)CN=C2.[HH]. The van der Waals surface area contributed by atoms with Gasteiger partial charge in [-0.15, -0.1) is 6.58 Å². The standard InChI is InChI=1S/2C10H8N2O2.C10H12N2.C9H8N2O2.C8H6N2O3.C8H7NO.C3H6.H2/c2*1-2-7-3-4-8-5-11-6-9(8)10(7)12(13)14;1-2-7-3-4-8-5-12-6-9(8)10(7)11;1-6-2-3-7-4-10-5-8(7)9(6)11(12)13;11-7-2-1-5-3-9-4-6(5)8(7)10(12)13;10-8-2-1-6-4-9-5-7(6)3-8;1-3-2;/h2*2-5H,1,6H2;3-5H,2,6,11H2,1H3;2-4H,5H2,1H3;1-3,11H,4H2;1-4,10H,5H2;3H,1H2,2H3;1H. The van der Waals surface area contributed by atoms with Gasteiger partial charge in [-0.2, -0.15) is 0 Å². The molecule has 6 aromatic carbocycles. The number of hydrogen-bond donors (Lipinski definition) is 3. The fourth-order valence-corrected chi connectivity index (χ4v) is 8.73. The number of nitrogens with zero attached hydrogens (tertiary/aromatic N) is 10. The lowest BCUT2D eigenvalue weighted by Crippen LogP contribution is -1.99.